The summed E-state index contributed by atoms with van der Waals surface area (Å²) in [6.07, 6.45) is 0.0173. The number of pyridine rings is 1. The van der Waals surface area contributed by atoms with Crippen LogP contribution < -0.4 is 15.6 Å². The van der Waals surface area contributed by atoms with Gasteiger partial charge in [-0.15, -0.1) is 0 Å². The maximum Gasteiger partial charge on any atom is 0.401 e. The lowest BCUT2D eigenvalue weighted by Gasteiger charge is -2.53. The zero-order chi connectivity index (χ0) is 23.9. The van der Waals surface area contributed by atoms with Crippen LogP contribution >= 0.6 is 0 Å². The maximum atomic E-state index is 13.6. The first-order valence-corrected chi connectivity index (χ1v) is 12.5. The van der Waals surface area contributed by atoms with E-state index >= 15 is 0 Å². The van der Waals surface area contributed by atoms with E-state index in [0.717, 1.165) is 45.4 Å². The van der Waals surface area contributed by atoms with E-state index in [1.165, 1.54) is 0 Å². The van der Waals surface area contributed by atoms with Crippen molar-refractivity contribution in [3.8, 4) is 5.75 Å². The van der Waals surface area contributed by atoms with Gasteiger partial charge in [0.15, 0.2) is 0 Å². The van der Waals surface area contributed by atoms with Crippen molar-refractivity contribution in [3.05, 3.63) is 24.0 Å². The molecule has 6 atom stereocenters. The van der Waals surface area contributed by atoms with Crippen LogP contribution in [0.15, 0.2) is 18.3 Å². The zero-order valence-electron chi connectivity index (χ0n) is 19.6. The molecule has 1 aromatic heterocycles. The number of nitrogens with zero attached hydrogens (tertiary/aromatic N) is 3. The lowest BCUT2D eigenvalue weighted by molar-refractivity contribution is -0.172. The first-order chi connectivity index (χ1) is 16.3. The van der Waals surface area contributed by atoms with Gasteiger partial charge in [-0.25, -0.2) is 0 Å². The van der Waals surface area contributed by atoms with Crippen LogP contribution in [0.5, 0.6) is 5.75 Å². The summed E-state index contributed by atoms with van der Waals surface area (Å²) in [5, 5.41) is 0. The minimum atomic E-state index is -4.26. The average molecular weight is 486 g/mol. The highest BCUT2D eigenvalue weighted by Gasteiger charge is 2.52. The van der Waals surface area contributed by atoms with Crippen LogP contribution in [0.1, 0.15) is 37.9 Å². The molecule has 0 amide bonds. The molecule has 10 heteroatoms. The Hall–Kier alpha value is -1.49. The Morgan fingerprint density at radius 3 is 2.68 bits per heavy atom. The lowest BCUT2D eigenvalue weighted by atomic mass is 9.62. The summed E-state index contributed by atoms with van der Waals surface area (Å²) in [5.74, 6) is 1.72. The number of ether oxygens (including phenoxy) is 1. The van der Waals surface area contributed by atoms with Gasteiger partial charge in [0.1, 0.15) is 12.4 Å². The van der Waals surface area contributed by atoms with Gasteiger partial charge in [0.25, 0.3) is 0 Å². The van der Waals surface area contributed by atoms with Crippen LogP contribution in [-0.2, 0) is 0 Å². The molecule has 2 N–H and O–H groups in total. The molecular formula is C24H35F4N5O. The van der Waals surface area contributed by atoms with Gasteiger partial charge in [-0.2, -0.15) is 13.2 Å². The minimum Gasteiger partial charge on any atom is -0.491 e. The molecule has 5 rings (SSSR count). The highest BCUT2D eigenvalue weighted by Crippen LogP contribution is 2.51. The van der Waals surface area contributed by atoms with E-state index in [1.807, 2.05) is 19.1 Å². The van der Waals surface area contributed by atoms with Crippen molar-refractivity contribution >= 4 is 0 Å². The van der Waals surface area contributed by atoms with Crippen LogP contribution in [0.4, 0.5) is 17.6 Å². The molecule has 3 saturated heterocycles. The number of halogens is 4. The fraction of sp³-hybridized carbons (Fsp3) is 0.792. The Balaban J connectivity index is 1.29. The summed E-state index contributed by atoms with van der Waals surface area (Å²) in [7, 11) is 0. The van der Waals surface area contributed by atoms with E-state index in [4.69, 9.17) is 4.74 Å². The van der Waals surface area contributed by atoms with Gasteiger partial charge in [-0.3, -0.25) is 30.0 Å². The maximum absolute atomic E-state index is 13.6. The van der Waals surface area contributed by atoms with Gasteiger partial charge in [0.2, 0.25) is 0 Å². The molecule has 1 saturated carbocycles. The average Bonchev–Trinajstić information content (AvgIpc) is 3.25. The number of aromatic nitrogens is 1. The van der Waals surface area contributed by atoms with Crippen LogP contribution in [0.2, 0.25) is 0 Å². The van der Waals surface area contributed by atoms with E-state index < -0.39 is 12.7 Å². The Kier molecular flexibility index (Phi) is 7.03. The van der Waals surface area contributed by atoms with E-state index in [2.05, 4.69) is 20.7 Å². The predicted octanol–water partition coefficient (Wildman–Crippen LogP) is 3.18. The van der Waals surface area contributed by atoms with E-state index in [0.29, 0.717) is 35.9 Å². The molecule has 4 heterocycles. The Bertz CT molecular complexity index is 819. The van der Waals surface area contributed by atoms with Gasteiger partial charge in [-0.1, -0.05) is 0 Å². The molecule has 0 bridgehead atoms. The quantitative estimate of drug-likeness (QED) is 0.579. The molecule has 0 aromatic carbocycles. The number of hydrazine groups is 1. The fourth-order valence-electron chi connectivity index (χ4n) is 6.74. The molecule has 3 aliphatic heterocycles. The molecule has 4 fully saturated rings. The van der Waals surface area contributed by atoms with Gasteiger partial charge >= 0.3 is 6.18 Å². The van der Waals surface area contributed by atoms with Crippen molar-refractivity contribution < 1.29 is 22.3 Å². The number of nitrogens with one attached hydrogen (secondary N) is 2. The van der Waals surface area contributed by atoms with Crippen LogP contribution in [0.3, 0.4) is 0 Å². The van der Waals surface area contributed by atoms with Crippen molar-refractivity contribution in [2.24, 2.45) is 23.7 Å². The first-order valence-electron chi connectivity index (χ1n) is 12.5. The molecule has 190 valence electrons. The topological polar surface area (TPSA) is 52.7 Å². The zero-order valence-corrected chi connectivity index (χ0v) is 19.6. The van der Waals surface area contributed by atoms with Crippen LogP contribution in [0, 0.1) is 23.7 Å². The Labute approximate surface area is 198 Å². The monoisotopic (exact) mass is 485 g/mol. The predicted molar refractivity (Wildman–Crippen MR) is 120 cm³/mol. The number of hydrogen-bond donors (Lipinski definition) is 2. The smallest absolute Gasteiger partial charge is 0.401 e. The summed E-state index contributed by atoms with van der Waals surface area (Å²) in [6.45, 7) is 4.35. The molecule has 1 aliphatic carbocycles. The lowest BCUT2D eigenvalue weighted by Crippen LogP contribution is -2.56. The normalized spacial score (nSPS) is 35.0. The number of piperidine rings is 1. The number of alkyl halides is 4. The van der Waals surface area contributed by atoms with Crippen molar-refractivity contribution in [2.45, 2.75) is 50.5 Å². The molecule has 0 radical (unpaired) electrons. The standard InChI is InChI=1S/C24H35F4N5O/c1-15-8-19-18(3-5-21-20(19)11-30-31-21)23(33(15)14-24(26,27)28)22-4-2-17(10-29-22)34-7-6-32-12-16(9-25)13-32/h2,4,10,15-16,18-21,23,30-31H,3,5-9,11-14H2,1H3/t15-,18?,19?,20?,21?,23?/m1/s1. The number of rotatable bonds is 7. The van der Waals surface area contributed by atoms with Crippen molar-refractivity contribution in [2.75, 3.05) is 46.0 Å². The second-order valence-corrected chi connectivity index (χ2v) is 10.6. The van der Waals surface area contributed by atoms with Crippen molar-refractivity contribution in [3.63, 3.8) is 0 Å². The summed E-state index contributed by atoms with van der Waals surface area (Å²) in [4.78, 5) is 8.40. The summed E-state index contributed by atoms with van der Waals surface area (Å²) < 4.78 is 59.1. The SMILES string of the molecule is C[C@@H]1CC2C3CNNC3CCC2C(c2ccc(OCCN3CC(CF)C3)cn2)N1CC(F)(F)F. The summed E-state index contributed by atoms with van der Waals surface area (Å²) in [5.41, 5.74) is 7.33. The van der Waals surface area contributed by atoms with Gasteiger partial charge < -0.3 is 4.74 Å². The molecule has 6 nitrogen and oxygen atoms in total. The third-order valence-corrected chi connectivity index (χ3v) is 8.35. The molecule has 0 spiro atoms. The molecule has 5 unspecified atom stereocenters. The van der Waals surface area contributed by atoms with Gasteiger partial charge in [-0.05, 0) is 56.1 Å². The molecule has 4 aliphatic rings. The Morgan fingerprint density at radius 1 is 1.15 bits per heavy atom. The third-order valence-electron chi connectivity index (χ3n) is 8.35. The highest BCUT2D eigenvalue weighted by molar-refractivity contribution is 5.23. The largest absolute Gasteiger partial charge is 0.491 e. The molecule has 1 aromatic rings. The minimum absolute atomic E-state index is 0.146. The van der Waals surface area contributed by atoms with Crippen molar-refractivity contribution in [1.82, 2.24) is 25.6 Å². The van der Waals surface area contributed by atoms with E-state index in [-0.39, 0.29) is 30.6 Å². The second kappa shape index (κ2) is 9.87. The third kappa shape index (κ3) is 5.05. The molecular weight excluding hydrogens is 450 g/mol. The van der Waals surface area contributed by atoms with Crippen LogP contribution in [-0.4, -0.2) is 79.0 Å². The first kappa shape index (κ1) is 24.2. The number of likely N-dealkylation sites (tertiary alicyclic amines) is 2. The van der Waals surface area contributed by atoms with Gasteiger partial charge in [0, 0.05) is 44.2 Å². The van der Waals surface area contributed by atoms with Gasteiger partial charge in [0.05, 0.1) is 31.2 Å². The fourth-order valence-corrected chi connectivity index (χ4v) is 6.74. The van der Waals surface area contributed by atoms with Crippen LogP contribution in [0.25, 0.3) is 0 Å². The van der Waals surface area contributed by atoms with Crippen molar-refractivity contribution in [1.29, 1.82) is 0 Å². The Morgan fingerprint density at radius 2 is 1.97 bits per heavy atom. The summed E-state index contributed by atoms with van der Waals surface area (Å²) >= 11 is 0. The van der Waals surface area contributed by atoms with E-state index in [9.17, 15) is 17.6 Å². The second-order valence-electron chi connectivity index (χ2n) is 10.6. The molecule has 34 heavy (non-hydrogen) atoms. The highest BCUT2D eigenvalue weighted by atomic mass is 19.4. The van der Waals surface area contributed by atoms with E-state index in [1.54, 1.807) is 11.1 Å². The number of fused-ring (bicyclic) bond motifs is 3. The number of hydrogen-bond acceptors (Lipinski definition) is 6. The summed E-state index contributed by atoms with van der Waals surface area (Å²) in [6, 6.07) is 3.55.